The highest BCUT2D eigenvalue weighted by Crippen LogP contribution is 2.47. The van der Waals surface area contributed by atoms with Gasteiger partial charge in [0.2, 0.25) is 0 Å². The maximum atomic E-state index is 2.39. The zero-order chi connectivity index (χ0) is 40.4. The molecule has 9 aliphatic carbocycles. The fraction of sp³-hybridized carbons (Fsp3) is 0.458. The molecule has 9 aliphatic rings. The van der Waals surface area contributed by atoms with Crippen LogP contribution in [0.3, 0.4) is 0 Å². The van der Waals surface area contributed by atoms with E-state index in [1.165, 1.54) is 119 Å². The predicted molar refractivity (Wildman–Crippen MR) is 259 cm³/mol. The first kappa shape index (κ1) is 44.4. The fourth-order valence-electron chi connectivity index (χ4n) is 10.6. The average molecular weight is 785 g/mol. The van der Waals surface area contributed by atoms with Crippen LogP contribution in [0, 0.1) is 47.3 Å². The van der Waals surface area contributed by atoms with Gasteiger partial charge in [-0.1, -0.05) is 259 Å². The minimum absolute atomic E-state index is 0.774. The molecular formula is C59H76. The minimum Gasteiger partial charge on any atom is -0.0882 e. The molecule has 0 bridgehead atoms. The molecule has 3 aromatic carbocycles. The van der Waals surface area contributed by atoms with Crippen LogP contribution in [0.1, 0.15) is 122 Å². The smallest absolute Gasteiger partial charge is 0.00983 e. The monoisotopic (exact) mass is 785 g/mol. The van der Waals surface area contributed by atoms with E-state index in [2.05, 4.69) is 146 Å². The number of hydrogen-bond donors (Lipinski definition) is 0. The zero-order valence-electron chi connectivity index (χ0n) is 36.4. The molecule has 0 amide bonds. The van der Waals surface area contributed by atoms with E-state index < -0.39 is 0 Å². The van der Waals surface area contributed by atoms with Gasteiger partial charge in [-0.3, -0.25) is 0 Å². The molecule has 0 heteroatoms. The van der Waals surface area contributed by atoms with Crippen LogP contribution in [-0.2, 0) is 0 Å². The summed E-state index contributed by atoms with van der Waals surface area (Å²) in [6, 6.07) is 28.7. The lowest BCUT2D eigenvalue weighted by atomic mass is 9.83. The molecule has 12 rings (SSSR count). The van der Waals surface area contributed by atoms with Crippen molar-refractivity contribution < 1.29 is 0 Å². The SMILES string of the molecule is C1=CC2CC3C=CC=CC3C2C=C1.C1=CC2CCCC2C=C1.C1=CCC/C=C\CC1.C1CC2CCCC2C1.C1CCCC1.c1ccc2ccccc2c1.c1ccccc1. The second kappa shape index (κ2) is 26.8. The third-order valence-corrected chi connectivity index (χ3v) is 13.9. The number of allylic oxidation sites excluding steroid dienone is 16. The Morgan fingerprint density at radius 2 is 0.593 bits per heavy atom. The summed E-state index contributed by atoms with van der Waals surface area (Å²) in [7, 11) is 0. The molecule has 0 spiro atoms. The van der Waals surface area contributed by atoms with Gasteiger partial charge in [-0.25, -0.2) is 0 Å². The summed E-state index contributed by atoms with van der Waals surface area (Å²) >= 11 is 0. The maximum Gasteiger partial charge on any atom is -0.00983 e. The predicted octanol–water partition coefficient (Wildman–Crippen LogP) is 17.4. The fourth-order valence-corrected chi connectivity index (χ4v) is 10.6. The molecule has 0 aromatic heterocycles. The molecule has 0 radical (unpaired) electrons. The molecule has 312 valence electrons. The largest absolute Gasteiger partial charge is 0.0882 e. The molecule has 3 aromatic rings. The molecular weight excluding hydrogens is 709 g/mol. The van der Waals surface area contributed by atoms with Gasteiger partial charge in [0, 0.05) is 0 Å². The standard InChI is InChI=1S/C13H14.C10H8.C9H12.C8H14.C8H12.C6H6.C5H10/c1-3-7-12-10(5-1)9-11-6-2-4-8-13(11)12;1-2-6-10-8-4-3-7-9(10)5-1;1-2-5-9-7-3-6-8(9)4-1;1-3-7-5-2-6-8(7)4-1;1-2-4-6-8-7-5-3-1;1-2-4-6-5-3-1;1-2-4-5-3-1/h1-8,10-13H,9H2;1-8H;1-2,4-5,8-9H,3,6-7H2;7-8H,1-6H2;1-2,7-8H,3-6H2;1-6H;1-5H2/b;;;;2-1-,8-7?;;. The Hall–Kier alpha value is -4.16. The van der Waals surface area contributed by atoms with Crippen LogP contribution < -0.4 is 0 Å². The van der Waals surface area contributed by atoms with Crippen LogP contribution >= 0.6 is 0 Å². The highest BCUT2D eigenvalue weighted by molar-refractivity contribution is 5.82. The Balaban J connectivity index is 0.000000118. The van der Waals surface area contributed by atoms with Gasteiger partial charge in [-0.05, 0) is 103 Å². The second-order valence-corrected chi connectivity index (χ2v) is 18.0. The molecule has 6 unspecified atom stereocenters. The van der Waals surface area contributed by atoms with Crippen LogP contribution in [-0.4, -0.2) is 0 Å². The molecule has 0 nitrogen and oxygen atoms in total. The third-order valence-electron chi connectivity index (χ3n) is 13.9. The highest BCUT2D eigenvalue weighted by atomic mass is 14.4. The van der Waals surface area contributed by atoms with Crippen molar-refractivity contribution in [1.29, 1.82) is 0 Å². The number of hydrogen-bond acceptors (Lipinski definition) is 0. The normalized spacial score (nSPS) is 29.8. The molecule has 5 saturated carbocycles. The number of fused-ring (bicyclic) bond motifs is 6. The molecule has 0 saturated heterocycles. The molecule has 5 fully saturated rings. The Labute approximate surface area is 360 Å². The molecule has 0 aliphatic heterocycles. The lowest BCUT2D eigenvalue weighted by Gasteiger charge is -2.21. The summed E-state index contributed by atoms with van der Waals surface area (Å²) in [5.41, 5.74) is 0. The first-order valence-corrected chi connectivity index (χ1v) is 24.1. The topological polar surface area (TPSA) is 0 Å². The van der Waals surface area contributed by atoms with Crippen LogP contribution in [0.25, 0.3) is 10.8 Å². The number of rotatable bonds is 0. The Kier molecular flexibility index (Phi) is 20.2. The highest BCUT2D eigenvalue weighted by Gasteiger charge is 2.39. The third kappa shape index (κ3) is 15.8. The minimum atomic E-state index is 0.774. The average Bonchev–Trinajstić information content (AvgIpc) is 4.15. The summed E-state index contributed by atoms with van der Waals surface area (Å²) in [4.78, 5) is 0. The second-order valence-electron chi connectivity index (χ2n) is 18.0. The molecule has 6 atom stereocenters. The Bertz CT molecular complexity index is 1610. The van der Waals surface area contributed by atoms with Gasteiger partial charge in [0.1, 0.15) is 0 Å². The van der Waals surface area contributed by atoms with Gasteiger partial charge in [-0.2, -0.15) is 0 Å². The maximum absolute atomic E-state index is 2.39. The van der Waals surface area contributed by atoms with E-state index in [9.17, 15) is 0 Å². The van der Waals surface area contributed by atoms with E-state index in [-0.39, 0.29) is 0 Å². The van der Waals surface area contributed by atoms with Crippen molar-refractivity contribution in [2.75, 3.05) is 0 Å². The van der Waals surface area contributed by atoms with Crippen molar-refractivity contribution in [1.82, 2.24) is 0 Å². The Morgan fingerprint density at radius 1 is 0.288 bits per heavy atom. The van der Waals surface area contributed by atoms with Gasteiger partial charge < -0.3 is 0 Å². The summed E-state index contributed by atoms with van der Waals surface area (Å²) < 4.78 is 0. The first-order valence-electron chi connectivity index (χ1n) is 24.1. The van der Waals surface area contributed by atoms with E-state index in [0.29, 0.717) is 0 Å². The number of benzene rings is 3. The first-order chi connectivity index (χ1) is 29.3. The van der Waals surface area contributed by atoms with Crippen LogP contribution in [0.4, 0.5) is 0 Å². The van der Waals surface area contributed by atoms with E-state index in [1.807, 2.05) is 36.4 Å². The van der Waals surface area contributed by atoms with Gasteiger partial charge in [0.05, 0.1) is 0 Å². The molecule has 0 N–H and O–H groups in total. The van der Waals surface area contributed by atoms with Gasteiger partial charge >= 0.3 is 0 Å². The van der Waals surface area contributed by atoms with Crippen molar-refractivity contribution in [3.05, 3.63) is 182 Å². The van der Waals surface area contributed by atoms with Gasteiger partial charge in [0.25, 0.3) is 0 Å². The van der Waals surface area contributed by atoms with Crippen LogP contribution in [0.5, 0.6) is 0 Å². The van der Waals surface area contributed by atoms with E-state index >= 15 is 0 Å². The van der Waals surface area contributed by atoms with Crippen molar-refractivity contribution in [2.45, 2.75) is 122 Å². The lowest BCUT2D eigenvalue weighted by molar-refractivity contribution is 0.457. The molecule has 59 heavy (non-hydrogen) atoms. The van der Waals surface area contributed by atoms with Gasteiger partial charge in [-0.15, -0.1) is 0 Å². The van der Waals surface area contributed by atoms with Crippen molar-refractivity contribution in [2.24, 2.45) is 47.3 Å². The van der Waals surface area contributed by atoms with Gasteiger partial charge in [0.15, 0.2) is 0 Å². The molecule has 0 heterocycles. The van der Waals surface area contributed by atoms with Crippen molar-refractivity contribution >= 4 is 10.8 Å². The van der Waals surface area contributed by atoms with E-state index in [0.717, 1.165) is 35.5 Å². The van der Waals surface area contributed by atoms with Crippen molar-refractivity contribution in [3.63, 3.8) is 0 Å². The summed E-state index contributed by atoms with van der Waals surface area (Å²) in [5.74, 6) is 7.29. The van der Waals surface area contributed by atoms with Crippen LogP contribution in [0.15, 0.2) is 182 Å². The van der Waals surface area contributed by atoms with Crippen LogP contribution in [0.2, 0.25) is 0 Å². The lowest BCUT2D eigenvalue weighted by Crippen LogP contribution is -2.14. The summed E-state index contributed by atoms with van der Waals surface area (Å²) in [5, 5.41) is 2.62. The zero-order valence-corrected chi connectivity index (χ0v) is 36.4. The Morgan fingerprint density at radius 3 is 0.949 bits per heavy atom. The summed E-state index contributed by atoms with van der Waals surface area (Å²) in [6.45, 7) is 0. The van der Waals surface area contributed by atoms with Crippen molar-refractivity contribution in [3.8, 4) is 0 Å². The summed E-state index contributed by atoms with van der Waals surface area (Å²) in [6.07, 6.45) is 63.9. The van der Waals surface area contributed by atoms with E-state index in [4.69, 9.17) is 0 Å². The quantitative estimate of drug-likeness (QED) is 0.199. The van der Waals surface area contributed by atoms with E-state index in [1.54, 1.807) is 25.7 Å².